The summed E-state index contributed by atoms with van der Waals surface area (Å²) in [6.07, 6.45) is 6.20. The number of methoxy groups -OCH3 is 1. The lowest BCUT2D eigenvalue weighted by Crippen LogP contribution is -2.45. The van der Waals surface area contributed by atoms with Crippen LogP contribution in [0.1, 0.15) is 65.4 Å². The molecule has 0 radical (unpaired) electrons. The highest BCUT2D eigenvalue weighted by Gasteiger charge is 2.44. The molecular weight excluding hydrogens is 641 g/mol. The van der Waals surface area contributed by atoms with Crippen molar-refractivity contribution in [2.45, 2.75) is 83.9 Å². The van der Waals surface area contributed by atoms with E-state index in [1.165, 1.54) is 0 Å². The number of pyridine rings is 1. The van der Waals surface area contributed by atoms with Crippen LogP contribution < -0.4 is 14.4 Å². The van der Waals surface area contributed by atoms with Gasteiger partial charge in [0.1, 0.15) is 28.4 Å². The molecule has 12 heteroatoms. The van der Waals surface area contributed by atoms with Crippen molar-refractivity contribution >= 4 is 33.6 Å². The van der Waals surface area contributed by atoms with Gasteiger partial charge in [-0.25, -0.2) is 9.18 Å². The number of amides is 1. The van der Waals surface area contributed by atoms with E-state index in [-0.39, 0.29) is 60.8 Å². The maximum absolute atomic E-state index is 17.1. The normalized spacial score (nSPS) is 19.9. The molecule has 2 aromatic heterocycles. The maximum atomic E-state index is 17.1. The number of anilines is 1. The third-order valence-electron chi connectivity index (χ3n) is 10.1. The minimum atomic E-state index is -0.607. The molecule has 1 aliphatic carbocycles. The number of carbonyl (C=O) groups excluding carboxylic acids is 1. The van der Waals surface area contributed by atoms with Crippen molar-refractivity contribution in [2.24, 2.45) is 5.41 Å². The second-order valence-corrected chi connectivity index (χ2v) is 14.9. The first kappa shape index (κ1) is 34.2. The first-order valence-electron chi connectivity index (χ1n) is 17.6. The van der Waals surface area contributed by atoms with E-state index in [2.05, 4.69) is 16.8 Å². The number of hydrogen-bond acceptors (Lipinski definition) is 10. The van der Waals surface area contributed by atoms with E-state index in [0.29, 0.717) is 42.0 Å². The van der Waals surface area contributed by atoms with Crippen LogP contribution in [0.25, 0.3) is 32.9 Å². The van der Waals surface area contributed by atoms with E-state index in [9.17, 15) is 9.90 Å². The molecule has 4 aromatic rings. The van der Waals surface area contributed by atoms with Crippen molar-refractivity contribution in [3.05, 3.63) is 47.9 Å². The summed E-state index contributed by atoms with van der Waals surface area (Å²) in [5.74, 6) is 0.441. The average molecular weight is 688 g/mol. The van der Waals surface area contributed by atoms with Crippen molar-refractivity contribution < 1.29 is 33.2 Å². The Kier molecular flexibility index (Phi) is 9.19. The predicted octanol–water partition coefficient (Wildman–Crippen LogP) is 6.66. The molecule has 4 heterocycles. The van der Waals surface area contributed by atoms with Crippen LogP contribution in [0.2, 0.25) is 0 Å². The summed E-state index contributed by atoms with van der Waals surface area (Å²) in [5, 5.41) is 12.2. The molecule has 2 aliphatic heterocycles. The Labute approximate surface area is 291 Å². The fourth-order valence-electron chi connectivity index (χ4n) is 7.31. The Balaban J connectivity index is 1.33. The lowest BCUT2D eigenvalue weighted by atomic mass is 9.95. The smallest absolute Gasteiger partial charge is 0.410 e. The van der Waals surface area contributed by atoms with Gasteiger partial charge >= 0.3 is 12.1 Å². The molecule has 11 nitrogen and oxygen atoms in total. The number of halogens is 1. The summed E-state index contributed by atoms with van der Waals surface area (Å²) in [7, 11) is 1.55. The zero-order chi connectivity index (χ0) is 35.2. The van der Waals surface area contributed by atoms with Gasteiger partial charge in [-0.15, -0.1) is 0 Å². The number of benzene rings is 2. The van der Waals surface area contributed by atoms with E-state index in [4.69, 9.17) is 28.9 Å². The van der Waals surface area contributed by atoms with Gasteiger partial charge in [0.15, 0.2) is 12.6 Å². The van der Waals surface area contributed by atoms with Crippen molar-refractivity contribution in [1.82, 2.24) is 19.9 Å². The molecule has 266 valence electrons. The van der Waals surface area contributed by atoms with Crippen molar-refractivity contribution in [3.8, 4) is 23.0 Å². The molecule has 7 rings (SSSR count). The summed E-state index contributed by atoms with van der Waals surface area (Å²) in [6.45, 7) is 9.05. The van der Waals surface area contributed by atoms with Gasteiger partial charge in [-0.2, -0.15) is 9.97 Å². The van der Waals surface area contributed by atoms with Crippen molar-refractivity contribution in [2.75, 3.05) is 45.1 Å². The number of rotatable bonds is 10. The number of carbonyl (C=O) groups is 1. The van der Waals surface area contributed by atoms with E-state index in [1.54, 1.807) is 19.4 Å². The minimum absolute atomic E-state index is 0.000119. The molecule has 3 aliphatic rings. The summed E-state index contributed by atoms with van der Waals surface area (Å²) >= 11 is 0. The summed E-state index contributed by atoms with van der Waals surface area (Å²) in [6, 6.07) is 9.70. The molecule has 3 fully saturated rings. The van der Waals surface area contributed by atoms with Gasteiger partial charge in [0.05, 0.1) is 24.6 Å². The topological polar surface area (TPSA) is 119 Å². The number of ether oxygens (including phenoxy) is 4. The van der Waals surface area contributed by atoms with Gasteiger partial charge < -0.3 is 33.9 Å². The fourth-order valence-corrected chi connectivity index (χ4v) is 7.31. The molecular formula is C38H46FN5O6. The molecule has 1 saturated carbocycles. The van der Waals surface area contributed by atoms with Crippen LogP contribution in [-0.2, 0) is 15.9 Å². The number of aliphatic hydroxyl groups is 1. The van der Waals surface area contributed by atoms with Gasteiger partial charge in [0.2, 0.25) is 0 Å². The maximum Gasteiger partial charge on any atom is 0.410 e. The van der Waals surface area contributed by atoms with Crippen LogP contribution in [0, 0.1) is 11.2 Å². The molecule has 2 atom stereocenters. The van der Waals surface area contributed by atoms with Crippen LogP contribution in [-0.4, -0.2) is 88.9 Å². The molecule has 1 N–H and O–H groups in total. The number of nitrogens with zero attached hydrogens (tertiary/aromatic N) is 5. The predicted molar refractivity (Wildman–Crippen MR) is 188 cm³/mol. The molecule has 0 spiro atoms. The molecule has 2 unspecified atom stereocenters. The number of fused-ring (bicyclic) bond motifs is 4. The number of aromatic nitrogens is 3. The lowest BCUT2D eigenvalue weighted by Gasteiger charge is -2.31. The largest absolute Gasteiger partial charge is 0.468 e. The fraction of sp³-hybridized carbons (Fsp3) is 0.526. The number of aryl methyl sites for hydroxylation is 1. The summed E-state index contributed by atoms with van der Waals surface area (Å²) < 4.78 is 40.0. The highest BCUT2D eigenvalue weighted by Crippen LogP contribution is 2.45. The van der Waals surface area contributed by atoms with Crippen molar-refractivity contribution in [3.63, 3.8) is 0 Å². The zero-order valence-electron chi connectivity index (χ0n) is 29.5. The molecule has 2 saturated heterocycles. The Bertz CT molecular complexity index is 1910. The summed E-state index contributed by atoms with van der Waals surface area (Å²) in [4.78, 5) is 31.5. The highest BCUT2D eigenvalue weighted by atomic mass is 19.1. The van der Waals surface area contributed by atoms with E-state index in [0.717, 1.165) is 48.4 Å². The third kappa shape index (κ3) is 6.62. The van der Waals surface area contributed by atoms with Crippen LogP contribution in [0.3, 0.4) is 0 Å². The second kappa shape index (κ2) is 13.4. The first-order valence-corrected chi connectivity index (χ1v) is 17.6. The van der Waals surface area contributed by atoms with Crippen molar-refractivity contribution in [1.29, 1.82) is 0 Å². The monoisotopic (exact) mass is 687 g/mol. The Morgan fingerprint density at radius 2 is 1.90 bits per heavy atom. The zero-order valence-corrected chi connectivity index (χ0v) is 29.5. The van der Waals surface area contributed by atoms with Crippen LogP contribution in [0.4, 0.5) is 15.0 Å². The highest BCUT2D eigenvalue weighted by molar-refractivity contribution is 6.01. The van der Waals surface area contributed by atoms with Crippen LogP contribution >= 0.6 is 0 Å². The molecule has 2 aromatic carbocycles. The minimum Gasteiger partial charge on any atom is -0.468 e. The summed E-state index contributed by atoms with van der Waals surface area (Å²) in [5.41, 5.74) is 0.941. The Hall–Kier alpha value is -4.29. The SMILES string of the molecule is CCc1cccc2cc(OCOC)cc(-c3ncc4c(N5CCC6CCC(C5)N6C(=O)OC(C)(C)C)nc(OCC5(CO)CC5)nc4c3F)c12. The van der Waals surface area contributed by atoms with Gasteiger partial charge in [-0.1, -0.05) is 25.1 Å². The second-order valence-electron chi connectivity index (χ2n) is 14.9. The molecule has 50 heavy (non-hydrogen) atoms. The van der Waals surface area contributed by atoms with Gasteiger partial charge in [0, 0.05) is 43.4 Å². The average Bonchev–Trinajstić information content (AvgIpc) is 3.80. The molecule has 2 bridgehead atoms. The first-order chi connectivity index (χ1) is 24.0. The number of aliphatic hydroxyl groups excluding tert-OH is 1. The van der Waals surface area contributed by atoms with Crippen LogP contribution in [0.15, 0.2) is 36.5 Å². The van der Waals surface area contributed by atoms with Gasteiger partial charge in [-0.05, 0) is 87.8 Å². The quantitative estimate of drug-likeness (QED) is 0.181. The lowest BCUT2D eigenvalue weighted by molar-refractivity contribution is 0.0163. The van der Waals surface area contributed by atoms with Gasteiger partial charge in [0.25, 0.3) is 0 Å². The Morgan fingerprint density at radius 1 is 1.10 bits per heavy atom. The molecule has 1 amide bonds. The van der Waals surface area contributed by atoms with Gasteiger partial charge in [-0.3, -0.25) is 4.98 Å². The van der Waals surface area contributed by atoms with E-state index >= 15 is 4.39 Å². The van der Waals surface area contributed by atoms with Crippen LogP contribution in [0.5, 0.6) is 11.8 Å². The third-order valence-corrected chi connectivity index (χ3v) is 10.1. The standard InChI is InChI=1S/C38H46FN5O6/c1-6-23-8-7-9-24-16-27(49-22-47-5)17-28(30(23)24)32-31(39)33-29(18-40-32)34(42-35(41-33)48-21-38(20-45)13-14-38)43-15-12-25-10-11-26(19-43)44(25)36(46)50-37(2,3)4/h7-9,16-18,25-26,45H,6,10-15,19-22H2,1-5H3. The Morgan fingerprint density at radius 3 is 2.62 bits per heavy atom. The van der Waals surface area contributed by atoms with E-state index in [1.807, 2.05) is 49.9 Å². The van der Waals surface area contributed by atoms with E-state index < -0.39 is 11.4 Å². The number of hydrogen-bond donors (Lipinski definition) is 1.